The maximum Gasteiger partial charge on any atom is 0.312 e. The Kier molecular flexibility index (Phi) is 8.97. The van der Waals surface area contributed by atoms with E-state index in [9.17, 15) is 19.5 Å². The number of aliphatic hydroxyl groups excluding tert-OH is 1. The average Bonchev–Trinajstić information content (AvgIpc) is 3.57. The van der Waals surface area contributed by atoms with Gasteiger partial charge in [-0.2, -0.15) is 0 Å². The first kappa shape index (κ1) is 29.5. The maximum atomic E-state index is 14.7. The summed E-state index contributed by atoms with van der Waals surface area (Å²) in [5, 5.41) is 11.2. The number of carbonyl (C=O) groups excluding carboxylic acids is 3. The number of fused-ring (bicyclic) bond motifs is 2. The smallest absolute Gasteiger partial charge is 0.312 e. The van der Waals surface area contributed by atoms with Crippen molar-refractivity contribution in [3.8, 4) is 0 Å². The molecule has 3 aliphatic rings. The zero-order valence-electron chi connectivity index (χ0n) is 23.1. The predicted octanol–water partition coefficient (Wildman–Crippen LogP) is 4.39. The topological polar surface area (TPSA) is 96.4 Å². The number of esters is 1. The maximum absolute atomic E-state index is 14.7. The van der Waals surface area contributed by atoms with Crippen LogP contribution in [0.25, 0.3) is 10.8 Å². The first-order chi connectivity index (χ1) is 19.9. The molecule has 2 aromatic rings. The number of aliphatic hydroxyl groups is 1. The fourth-order valence-electron chi connectivity index (χ4n) is 6.85. The van der Waals surface area contributed by atoms with E-state index in [4.69, 9.17) is 9.47 Å². The number of alkyl halides is 1. The van der Waals surface area contributed by atoms with Crippen LogP contribution in [0.2, 0.25) is 0 Å². The highest BCUT2D eigenvalue weighted by molar-refractivity contribution is 9.09. The molecule has 2 aromatic carbocycles. The van der Waals surface area contributed by atoms with Crippen LogP contribution in [-0.2, 0) is 23.9 Å². The summed E-state index contributed by atoms with van der Waals surface area (Å²) in [4.78, 5) is 45.2. The molecule has 3 heterocycles. The van der Waals surface area contributed by atoms with Gasteiger partial charge in [-0.1, -0.05) is 77.8 Å². The van der Waals surface area contributed by atoms with Gasteiger partial charge in [0.05, 0.1) is 17.9 Å². The summed E-state index contributed by atoms with van der Waals surface area (Å²) in [5.41, 5.74) is -0.458. The van der Waals surface area contributed by atoms with E-state index in [1.165, 1.54) is 6.08 Å². The third-order valence-electron chi connectivity index (χ3n) is 8.57. The fourth-order valence-corrected chi connectivity index (χ4v) is 7.79. The third kappa shape index (κ3) is 5.24. The summed E-state index contributed by atoms with van der Waals surface area (Å²) < 4.78 is 12.0. The number of rotatable bonds is 13. The molecule has 8 nitrogen and oxygen atoms in total. The lowest BCUT2D eigenvalue weighted by atomic mass is 9.70. The second kappa shape index (κ2) is 12.5. The number of likely N-dealkylation sites (tertiary alicyclic amines) is 1. The summed E-state index contributed by atoms with van der Waals surface area (Å²) in [6.07, 6.45) is 6.00. The van der Waals surface area contributed by atoms with Crippen LogP contribution in [0.15, 0.2) is 67.8 Å². The molecule has 1 N–H and O–H groups in total. The van der Waals surface area contributed by atoms with Gasteiger partial charge in [-0.25, -0.2) is 0 Å². The second-order valence-electron chi connectivity index (χ2n) is 11.0. The van der Waals surface area contributed by atoms with Gasteiger partial charge in [-0.3, -0.25) is 14.4 Å². The van der Waals surface area contributed by atoms with Crippen LogP contribution in [0.4, 0.5) is 5.69 Å². The lowest BCUT2D eigenvalue weighted by Gasteiger charge is -2.37. The molecule has 218 valence electrons. The largest absolute Gasteiger partial charge is 0.461 e. The summed E-state index contributed by atoms with van der Waals surface area (Å²) in [7, 11) is 0. The van der Waals surface area contributed by atoms with Gasteiger partial charge >= 0.3 is 5.97 Å². The van der Waals surface area contributed by atoms with Crippen LogP contribution in [0, 0.1) is 11.8 Å². The Balaban J connectivity index is 1.53. The van der Waals surface area contributed by atoms with E-state index >= 15 is 0 Å². The zero-order chi connectivity index (χ0) is 29.1. The van der Waals surface area contributed by atoms with Crippen molar-refractivity contribution >= 4 is 50.2 Å². The summed E-state index contributed by atoms with van der Waals surface area (Å²) in [5.74, 6) is -2.64. The van der Waals surface area contributed by atoms with E-state index in [-0.39, 0.29) is 36.4 Å². The highest BCUT2D eigenvalue weighted by atomic mass is 79.9. The molecule has 5 rings (SSSR count). The van der Waals surface area contributed by atoms with Crippen molar-refractivity contribution in [2.45, 2.75) is 54.7 Å². The van der Waals surface area contributed by atoms with Crippen LogP contribution < -0.4 is 4.90 Å². The lowest BCUT2D eigenvalue weighted by Crippen LogP contribution is -2.57. The SMILES string of the molecule is C=CCOC(=O)[C@H]1[C@H]2C(=O)N(CCCCCCO)C(C(=O)N(CC=C)c3ccc4ccccc4c3)C23CC(Br)[C@@H]1O3. The van der Waals surface area contributed by atoms with Crippen molar-refractivity contribution in [3.63, 3.8) is 0 Å². The third-order valence-corrected chi connectivity index (χ3v) is 9.41. The van der Waals surface area contributed by atoms with Gasteiger partial charge in [-0.15, -0.1) is 6.58 Å². The van der Waals surface area contributed by atoms with Crippen LogP contribution in [-0.4, -0.2) is 76.7 Å². The standard InChI is InChI=1S/C32H37BrN2O6/c1-3-15-34(23-14-13-21-11-7-8-12-22(21)19-23)30(38)28-32-20-24(33)27(41-32)25(31(39)40-18-4-2)26(32)29(37)35(28)16-9-5-6-10-17-36/h3-4,7-8,11-14,19,24-28,36H,1-2,5-6,9-10,15-18,20H2/t24?,25-,26-,27-,28?,32?/m0/s1. The Labute approximate surface area is 249 Å². The molecule has 2 amide bonds. The van der Waals surface area contributed by atoms with Gasteiger partial charge in [0.2, 0.25) is 5.91 Å². The molecule has 6 atom stereocenters. The second-order valence-corrected chi connectivity index (χ2v) is 12.2. The minimum absolute atomic E-state index is 0.0366. The van der Waals surface area contributed by atoms with Crippen LogP contribution >= 0.6 is 15.9 Å². The van der Waals surface area contributed by atoms with E-state index in [0.717, 1.165) is 23.6 Å². The first-order valence-electron chi connectivity index (χ1n) is 14.3. The Morgan fingerprint density at radius 3 is 2.61 bits per heavy atom. The minimum Gasteiger partial charge on any atom is -0.461 e. The number of hydrogen-bond acceptors (Lipinski definition) is 6. The lowest BCUT2D eigenvalue weighted by molar-refractivity contribution is -0.153. The van der Waals surface area contributed by atoms with Crippen LogP contribution in [0.5, 0.6) is 0 Å². The van der Waals surface area contributed by atoms with E-state index in [1.54, 1.807) is 15.9 Å². The van der Waals surface area contributed by atoms with Crippen LogP contribution in [0.3, 0.4) is 0 Å². The minimum atomic E-state index is -1.16. The van der Waals surface area contributed by atoms with E-state index < -0.39 is 35.6 Å². The fraction of sp³-hybridized carbons (Fsp3) is 0.469. The first-order valence-corrected chi connectivity index (χ1v) is 15.2. The normalized spacial score (nSPS) is 28.1. The number of halogens is 1. The molecule has 9 heteroatoms. The number of anilines is 1. The molecule has 3 fully saturated rings. The van der Waals surface area contributed by atoms with Crippen molar-refractivity contribution in [1.82, 2.24) is 4.90 Å². The predicted molar refractivity (Wildman–Crippen MR) is 161 cm³/mol. The molecule has 1 spiro atoms. The monoisotopic (exact) mass is 624 g/mol. The molecule has 3 unspecified atom stereocenters. The highest BCUT2D eigenvalue weighted by Gasteiger charge is 2.77. The average molecular weight is 626 g/mol. The van der Waals surface area contributed by atoms with E-state index in [1.807, 2.05) is 42.5 Å². The van der Waals surface area contributed by atoms with Gasteiger partial charge in [-0.05, 0) is 42.2 Å². The van der Waals surface area contributed by atoms with Gasteiger partial charge in [0.1, 0.15) is 18.2 Å². The Bertz CT molecular complexity index is 1330. The molecular weight excluding hydrogens is 588 g/mol. The number of hydrogen-bond donors (Lipinski definition) is 1. The highest BCUT2D eigenvalue weighted by Crippen LogP contribution is 2.60. The van der Waals surface area contributed by atoms with Crippen molar-refractivity contribution in [3.05, 3.63) is 67.8 Å². The number of unbranched alkanes of at least 4 members (excludes halogenated alkanes) is 3. The summed E-state index contributed by atoms with van der Waals surface area (Å²) >= 11 is 3.69. The van der Waals surface area contributed by atoms with Crippen molar-refractivity contribution in [2.75, 3.05) is 31.2 Å². The zero-order valence-corrected chi connectivity index (χ0v) is 24.7. The summed E-state index contributed by atoms with van der Waals surface area (Å²) in [6.45, 7) is 8.28. The molecule has 41 heavy (non-hydrogen) atoms. The number of nitrogens with zero attached hydrogens (tertiary/aromatic N) is 2. The van der Waals surface area contributed by atoms with Gasteiger partial charge in [0.15, 0.2) is 0 Å². The molecule has 0 aromatic heterocycles. The number of ether oxygens (including phenoxy) is 2. The molecule has 0 radical (unpaired) electrons. The van der Waals surface area contributed by atoms with Crippen molar-refractivity contribution in [1.29, 1.82) is 0 Å². The Morgan fingerprint density at radius 2 is 1.88 bits per heavy atom. The Hall–Kier alpha value is -3.01. The van der Waals surface area contributed by atoms with Gasteiger partial charge < -0.3 is 24.4 Å². The molecule has 0 aliphatic carbocycles. The molecule has 0 saturated carbocycles. The number of carbonyl (C=O) groups is 3. The molecule has 2 bridgehead atoms. The molecular formula is C32H37BrN2O6. The van der Waals surface area contributed by atoms with E-state index in [2.05, 4.69) is 29.1 Å². The summed E-state index contributed by atoms with van der Waals surface area (Å²) in [6, 6.07) is 12.9. The Morgan fingerprint density at radius 1 is 1.12 bits per heavy atom. The molecule has 3 aliphatic heterocycles. The number of amides is 2. The van der Waals surface area contributed by atoms with Gasteiger partial charge in [0.25, 0.3) is 5.91 Å². The van der Waals surface area contributed by atoms with Crippen molar-refractivity contribution < 1.29 is 29.0 Å². The quantitative estimate of drug-likeness (QED) is 0.154. The van der Waals surface area contributed by atoms with Crippen LogP contribution in [0.1, 0.15) is 32.1 Å². The van der Waals surface area contributed by atoms with Gasteiger partial charge in [0, 0.05) is 30.2 Å². The van der Waals surface area contributed by atoms with E-state index in [0.29, 0.717) is 31.5 Å². The number of benzene rings is 2. The molecule has 3 saturated heterocycles. The van der Waals surface area contributed by atoms with Crippen molar-refractivity contribution in [2.24, 2.45) is 11.8 Å².